The Morgan fingerprint density at radius 3 is 2.05 bits per heavy atom. The van der Waals surface area contributed by atoms with Crippen LogP contribution < -0.4 is 11.5 Å². The predicted octanol–water partition coefficient (Wildman–Crippen LogP) is 3.91. The summed E-state index contributed by atoms with van der Waals surface area (Å²) < 4.78 is 31.7. The van der Waals surface area contributed by atoms with Gasteiger partial charge in [-0.3, -0.25) is 14.4 Å². The lowest BCUT2D eigenvalue weighted by atomic mass is 9.93. The third-order valence-corrected chi connectivity index (χ3v) is 6.62. The van der Waals surface area contributed by atoms with Gasteiger partial charge in [0, 0.05) is 23.7 Å². The van der Waals surface area contributed by atoms with Crippen molar-refractivity contribution in [1.29, 1.82) is 0 Å². The van der Waals surface area contributed by atoms with Crippen LogP contribution in [0.3, 0.4) is 0 Å². The van der Waals surface area contributed by atoms with Crippen LogP contribution >= 0.6 is 0 Å². The largest absolute Gasteiger partial charge is 0.490 e. The molecule has 2 aliphatic carbocycles. The number of aliphatic carboxylic acids is 2. The second-order valence-electron chi connectivity index (χ2n) is 9.53. The molecule has 0 unspecified atom stereocenters. The number of carbonyl (C=O) groups excluding carboxylic acids is 2. The van der Waals surface area contributed by atoms with Crippen LogP contribution in [0.1, 0.15) is 75.9 Å². The molecule has 2 aromatic carbocycles. The summed E-state index contributed by atoms with van der Waals surface area (Å²) in [6.45, 7) is 0.125. The highest BCUT2D eigenvalue weighted by molar-refractivity contribution is 5.96. The van der Waals surface area contributed by atoms with Crippen molar-refractivity contribution in [3.63, 3.8) is 0 Å². The minimum Gasteiger partial charge on any atom is -0.480 e. The van der Waals surface area contributed by atoms with Crippen molar-refractivity contribution in [3.8, 4) is 0 Å². The molecule has 4 rings (SSSR count). The number of hydrogen-bond acceptors (Lipinski definition) is 5. The first-order chi connectivity index (χ1) is 18.8. The third-order valence-electron chi connectivity index (χ3n) is 6.62. The van der Waals surface area contributed by atoms with Gasteiger partial charge in [-0.1, -0.05) is 37.5 Å². The molecule has 0 aliphatic heterocycles. The number of hydrogen-bond donors (Lipinski definition) is 4. The molecule has 40 heavy (non-hydrogen) atoms. The summed E-state index contributed by atoms with van der Waals surface area (Å²) in [5, 5.41) is 16.2. The maximum Gasteiger partial charge on any atom is 0.490 e. The van der Waals surface area contributed by atoms with Crippen LogP contribution in [0.25, 0.3) is 0 Å². The topological polar surface area (TPSA) is 164 Å². The Morgan fingerprint density at radius 1 is 0.875 bits per heavy atom. The van der Waals surface area contributed by atoms with Crippen molar-refractivity contribution in [2.24, 2.45) is 11.5 Å². The number of nitrogens with two attached hydrogens (primary N) is 2. The maximum atomic E-state index is 12.7. The molecule has 0 spiro atoms. The lowest BCUT2D eigenvalue weighted by Crippen LogP contribution is -2.44. The van der Waals surface area contributed by atoms with Gasteiger partial charge in [0.15, 0.2) is 0 Å². The van der Waals surface area contributed by atoms with Gasteiger partial charge >= 0.3 is 18.1 Å². The zero-order valence-corrected chi connectivity index (χ0v) is 22.0. The van der Waals surface area contributed by atoms with E-state index >= 15 is 0 Å². The second-order valence-corrected chi connectivity index (χ2v) is 9.53. The number of nitrogens with zero attached hydrogens (tertiary/aromatic N) is 1. The van der Waals surface area contributed by atoms with Gasteiger partial charge in [-0.2, -0.15) is 13.2 Å². The number of carboxylic acids is 2. The molecular weight excluding hydrogens is 531 g/mol. The molecule has 0 saturated heterocycles. The fourth-order valence-corrected chi connectivity index (χ4v) is 4.63. The maximum absolute atomic E-state index is 12.7. The summed E-state index contributed by atoms with van der Waals surface area (Å²) in [7, 11) is 0. The van der Waals surface area contributed by atoms with E-state index in [0.717, 1.165) is 50.5 Å². The molecule has 9 nitrogen and oxygen atoms in total. The van der Waals surface area contributed by atoms with Crippen molar-refractivity contribution >= 4 is 23.8 Å². The Hall–Kier alpha value is -3.93. The molecule has 2 aliphatic rings. The highest BCUT2D eigenvalue weighted by Crippen LogP contribution is 2.24. The number of benzene rings is 2. The number of carboxylic acid groups (broad SMARTS) is 2. The van der Waals surface area contributed by atoms with Gasteiger partial charge in [-0.25, -0.2) is 4.79 Å². The number of halogens is 3. The molecule has 0 aromatic heterocycles. The van der Waals surface area contributed by atoms with Crippen LogP contribution in [0.5, 0.6) is 0 Å². The first kappa shape index (κ1) is 32.3. The lowest BCUT2D eigenvalue weighted by Gasteiger charge is -2.33. The fourth-order valence-electron chi connectivity index (χ4n) is 4.63. The number of aryl methyl sites for hydroxylation is 2. The number of carbonyl (C=O) groups is 4. The summed E-state index contributed by atoms with van der Waals surface area (Å²) in [5.74, 6) is -4.26. The van der Waals surface area contributed by atoms with Crippen molar-refractivity contribution in [2.45, 2.75) is 70.1 Å². The lowest BCUT2D eigenvalue weighted by molar-refractivity contribution is -0.192. The summed E-state index contributed by atoms with van der Waals surface area (Å²) in [5.41, 5.74) is 15.5. The van der Waals surface area contributed by atoms with E-state index in [-0.39, 0.29) is 24.4 Å². The molecular formula is C28H34F3N3O6. The molecule has 1 fully saturated rings. The summed E-state index contributed by atoms with van der Waals surface area (Å²) in [6, 6.07) is 12.9. The first-order valence-corrected chi connectivity index (χ1v) is 12.9. The molecule has 218 valence electrons. The van der Waals surface area contributed by atoms with Crippen molar-refractivity contribution in [3.05, 3.63) is 70.3 Å². The number of rotatable bonds is 6. The number of amides is 2. The van der Waals surface area contributed by atoms with Gasteiger partial charge in [0.1, 0.15) is 6.54 Å². The highest BCUT2D eigenvalue weighted by atomic mass is 19.4. The van der Waals surface area contributed by atoms with Crippen molar-refractivity contribution in [2.75, 3.05) is 6.54 Å². The van der Waals surface area contributed by atoms with E-state index in [4.69, 9.17) is 26.5 Å². The quantitative estimate of drug-likeness (QED) is 0.412. The monoisotopic (exact) mass is 565 g/mol. The molecule has 6 N–H and O–H groups in total. The minimum absolute atomic E-state index is 0.0314. The smallest absolute Gasteiger partial charge is 0.480 e. The normalized spacial score (nSPS) is 14.5. The second kappa shape index (κ2) is 15.0. The molecule has 0 radical (unpaired) electrons. The third kappa shape index (κ3) is 9.99. The van der Waals surface area contributed by atoms with E-state index in [9.17, 15) is 27.6 Å². The van der Waals surface area contributed by atoms with E-state index < -0.39 is 18.1 Å². The average molecular weight is 566 g/mol. The Bertz CT molecular complexity index is 1200. The van der Waals surface area contributed by atoms with Gasteiger partial charge in [0.25, 0.3) is 5.91 Å². The van der Waals surface area contributed by atoms with Crippen LogP contribution in [0.15, 0.2) is 42.5 Å². The molecule has 0 bridgehead atoms. The Balaban J connectivity index is 0.000000247. The zero-order valence-electron chi connectivity index (χ0n) is 22.0. The van der Waals surface area contributed by atoms with Gasteiger partial charge in [0.05, 0.1) is 0 Å². The molecule has 1 saturated carbocycles. The molecule has 12 heteroatoms. The fraction of sp³-hybridized carbons (Fsp3) is 0.429. The Morgan fingerprint density at radius 2 is 1.50 bits per heavy atom. The molecule has 0 heterocycles. The first-order valence-electron chi connectivity index (χ1n) is 12.9. The highest BCUT2D eigenvalue weighted by Gasteiger charge is 2.38. The number of primary amides is 1. The van der Waals surface area contributed by atoms with Crippen LogP contribution in [0.4, 0.5) is 13.2 Å². The van der Waals surface area contributed by atoms with Crippen LogP contribution in [0, 0.1) is 0 Å². The molecule has 2 amide bonds. The summed E-state index contributed by atoms with van der Waals surface area (Å²) in [4.78, 5) is 45.0. The van der Waals surface area contributed by atoms with E-state index in [1.807, 2.05) is 24.3 Å². The van der Waals surface area contributed by atoms with E-state index in [0.29, 0.717) is 17.7 Å². The van der Waals surface area contributed by atoms with E-state index in [1.165, 1.54) is 22.4 Å². The minimum atomic E-state index is -5.08. The average Bonchev–Trinajstić information content (AvgIpc) is 3.40. The van der Waals surface area contributed by atoms with Gasteiger partial charge < -0.3 is 26.6 Å². The summed E-state index contributed by atoms with van der Waals surface area (Å²) in [6.07, 6.45) is 3.40. The Labute approximate surface area is 229 Å². The summed E-state index contributed by atoms with van der Waals surface area (Å²) >= 11 is 0. The zero-order chi connectivity index (χ0) is 29.9. The van der Waals surface area contributed by atoms with Crippen LogP contribution in [-0.4, -0.2) is 57.6 Å². The van der Waals surface area contributed by atoms with Crippen molar-refractivity contribution in [1.82, 2.24) is 4.90 Å². The van der Waals surface area contributed by atoms with Gasteiger partial charge in [-0.15, -0.1) is 0 Å². The van der Waals surface area contributed by atoms with Crippen LogP contribution in [-0.2, 0) is 29.0 Å². The van der Waals surface area contributed by atoms with Gasteiger partial charge in [0.2, 0.25) is 5.91 Å². The Kier molecular flexibility index (Phi) is 12.1. The molecule has 2 aromatic rings. The number of fused-ring (bicyclic) bond motifs is 1. The standard InChI is InChI=1S/C16H22N2O3.C10H11NO.C2HF3O2/c17-10-12-5-4-6-13(9-12)16(21)18(11-15(19)20)14-7-2-1-3-8-14;11-10(12)9-5-4-7-2-1-3-8(7)6-9;3-2(4,5)1(6)7/h4-6,9,14H,1-3,7-8,10-11,17H2,(H,19,20);4-6H,1-3H2,(H2,11,12);(H,6,7). The van der Waals surface area contributed by atoms with E-state index in [2.05, 4.69) is 0 Å². The van der Waals surface area contributed by atoms with E-state index in [1.54, 1.807) is 18.2 Å². The molecule has 0 atom stereocenters. The van der Waals surface area contributed by atoms with Crippen LogP contribution in [0.2, 0.25) is 0 Å². The van der Waals surface area contributed by atoms with Crippen molar-refractivity contribution < 1.29 is 42.6 Å². The predicted molar refractivity (Wildman–Crippen MR) is 141 cm³/mol. The SMILES string of the molecule is NC(=O)c1ccc2c(c1)CCC2.NCc1cccc(C(=O)N(CC(=O)O)C2CCCCC2)c1.O=C(O)C(F)(F)F. The van der Waals surface area contributed by atoms with Gasteiger partial charge in [-0.05, 0) is 73.1 Å². The number of alkyl halides is 3.